The van der Waals surface area contributed by atoms with Gasteiger partial charge in [0, 0.05) is 26.0 Å². The minimum atomic E-state index is -0.0767. The Labute approximate surface area is 147 Å². The Balaban J connectivity index is 1.53. The Morgan fingerprint density at radius 3 is 2.72 bits per heavy atom. The molecule has 128 valence electrons. The summed E-state index contributed by atoms with van der Waals surface area (Å²) in [5, 5.41) is 7.16. The van der Waals surface area contributed by atoms with E-state index in [4.69, 9.17) is 0 Å². The first-order valence-corrected chi connectivity index (χ1v) is 8.41. The maximum atomic E-state index is 12.2. The van der Waals surface area contributed by atoms with Crippen LogP contribution >= 0.6 is 0 Å². The number of nitrogens with one attached hydrogen (secondary N) is 1. The van der Waals surface area contributed by atoms with Crippen LogP contribution in [0.15, 0.2) is 54.9 Å². The van der Waals surface area contributed by atoms with Crippen LogP contribution in [0.3, 0.4) is 0 Å². The predicted octanol–water partition coefficient (Wildman–Crippen LogP) is 3.15. The van der Waals surface area contributed by atoms with Gasteiger partial charge in [-0.1, -0.05) is 30.3 Å². The number of rotatable bonds is 6. The number of benzene rings is 1. The van der Waals surface area contributed by atoms with Crippen molar-refractivity contribution >= 4 is 5.91 Å². The zero-order valence-corrected chi connectivity index (χ0v) is 14.6. The number of aryl methyl sites for hydroxylation is 3. The maximum Gasteiger partial charge on any atom is 0.269 e. The van der Waals surface area contributed by atoms with E-state index in [-0.39, 0.29) is 5.91 Å². The van der Waals surface area contributed by atoms with Gasteiger partial charge in [0.15, 0.2) is 0 Å². The Bertz CT molecular complexity index is 855. The standard InChI is InChI=1S/C20H22N4O/c1-15-12-19(24(2)23-15)20(25)22-11-4-7-16-6-3-8-17(13-16)18-9-5-10-21-14-18/h3,5-6,8-10,12-14H,4,7,11H2,1-2H3,(H,22,25). The number of aromatic nitrogens is 3. The zero-order valence-electron chi connectivity index (χ0n) is 14.6. The second kappa shape index (κ2) is 7.75. The molecule has 0 aliphatic rings. The summed E-state index contributed by atoms with van der Waals surface area (Å²) in [6.45, 7) is 2.52. The van der Waals surface area contributed by atoms with Crippen LogP contribution in [0.4, 0.5) is 0 Å². The molecule has 0 fully saturated rings. The number of nitrogens with zero attached hydrogens (tertiary/aromatic N) is 3. The highest BCUT2D eigenvalue weighted by Crippen LogP contribution is 2.19. The fraction of sp³-hybridized carbons (Fsp3) is 0.250. The van der Waals surface area contributed by atoms with E-state index < -0.39 is 0 Å². The first-order valence-electron chi connectivity index (χ1n) is 8.41. The van der Waals surface area contributed by atoms with Crippen LogP contribution < -0.4 is 5.32 Å². The molecule has 1 N–H and O–H groups in total. The van der Waals surface area contributed by atoms with Crippen LogP contribution in [0.5, 0.6) is 0 Å². The second-order valence-electron chi connectivity index (χ2n) is 6.10. The van der Waals surface area contributed by atoms with Crippen LogP contribution in [-0.4, -0.2) is 27.2 Å². The molecule has 0 aliphatic carbocycles. The molecule has 0 unspecified atom stereocenters. The molecule has 2 heterocycles. The molecule has 2 aromatic heterocycles. The molecule has 0 aliphatic heterocycles. The molecule has 0 radical (unpaired) electrons. The van der Waals surface area contributed by atoms with Gasteiger partial charge in [0.25, 0.3) is 5.91 Å². The lowest BCUT2D eigenvalue weighted by atomic mass is 10.0. The van der Waals surface area contributed by atoms with E-state index in [1.807, 2.05) is 19.2 Å². The summed E-state index contributed by atoms with van der Waals surface area (Å²) in [6, 6.07) is 14.3. The van der Waals surface area contributed by atoms with E-state index in [0.717, 1.165) is 24.1 Å². The number of carbonyl (C=O) groups excluding carboxylic acids is 1. The molecule has 0 atom stereocenters. The Morgan fingerprint density at radius 2 is 2.00 bits per heavy atom. The molecule has 5 heteroatoms. The third-order valence-corrected chi connectivity index (χ3v) is 4.08. The summed E-state index contributed by atoms with van der Waals surface area (Å²) < 4.78 is 1.61. The van der Waals surface area contributed by atoms with Crippen molar-refractivity contribution in [2.45, 2.75) is 19.8 Å². The topological polar surface area (TPSA) is 59.8 Å². The minimum absolute atomic E-state index is 0.0767. The maximum absolute atomic E-state index is 12.2. The van der Waals surface area contributed by atoms with Gasteiger partial charge in [0.05, 0.1) is 5.69 Å². The van der Waals surface area contributed by atoms with Crippen LogP contribution in [0.2, 0.25) is 0 Å². The average molecular weight is 334 g/mol. The quantitative estimate of drug-likeness (QED) is 0.705. The molecular formula is C20H22N4O. The van der Waals surface area contributed by atoms with E-state index in [9.17, 15) is 4.79 Å². The Morgan fingerprint density at radius 1 is 1.16 bits per heavy atom. The largest absolute Gasteiger partial charge is 0.351 e. The number of carbonyl (C=O) groups is 1. The van der Waals surface area contributed by atoms with E-state index in [1.165, 1.54) is 11.1 Å². The number of hydrogen-bond acceptors (Lipinski definition) is 3. The third kappa shape index (κ3) is 4.32. The summed E-state index contributed by atoms with van der Waals surface area (Å²) in [7, 11) is 1.78. The Hall–Kier alpha value is -2.95. The van der Waals surface area contributed by atoms with Crippen molar-refractivity contribution in [3.8, 4) is 11.1 Å². The SMILES string of the molecule is Cc1cc(C(=O)NCCCc2cccc(-c3cccnc3)c2)n(C)n1. The zero-order chi connectivity index (χ0) is 17.6. The van der Waals surface area contributed by atoms with Crippen molar-refractivity contribution in [2.75, 3.05) is 6.54 Å². The highest BCUT2D eigenvalue weighted by atomic mass is 16.2. The lowest BCUT2D eigenvalue weighted by Crippen LogP contribution is -2.26. The van der Waals surface area contributed by atoms with Gasteiger partial charge >= 0.3 is 0 Å². The normalized spacial score (nSPS) is 10.6. The molecule has 3 rings (SSSR count). The van der Waals surface area contributed by atoms with Gasteiger partial charge < -0.3 is 5.32 Å². The van der Waals surface area contributed by atoms with E-state index in [0.29, 0.717) is 12.2 Å². The number of amides is 1. The van der Waals surface area contributed by atoms with Gasteiger partial charge in [-0.25, -0.2) is 0 Å². The summed E-state index contributed by atoms with van der Waals surface area (Å²) in [4.78, 5) is 16.3. The Kier molecular flexibility index (Phi) is 5.23. The van der Waals surface area contributed by atoms with E-state index in [1.54, 1.807) is 24.0 Å². The summed E-state index contributed by atoms with van der Waals surface area (Å²) >= 11 is 0. The molecule has 3 aromatic rings. The van der Waals surface area contributed by atoms with Gasteiger partial charge in [0.1, 0.15) is 5.69 Å². The molecule has 25 heavy (non-hydrogen) atoms. The van der Waals surface area contributed by atoms with Gasteiger partial charge in [0.2, 0.25) is 0 Å². The molecule has 0 saturated carbocycles. The highest BCUT2D eigenvalue weighted by molar-refractivity contribution is 5.92. The lowest BCUT2D eigenvalue weighted by molar-refractivity contribution is 0.0944. The van der Waals surface area contributed by atoms with Crippen molar-refractivity contribution in [2.24, 2.45) is 7.05 Å². The van der Waals surface area contributed by atoms with Crippen molar-refractivity contribution in [3.05, 3.63) is 71.8 Å². The van der Waals surface area contributed by atoms with E-state index in [2.05, 4.69) is 45.7 Å². The summed E-state index contributed by atoms with van der Waals surface area (Å²) in [5.41, 5.74) is 4.98. The second-order valence-corrected chi connectivity index (χ2v) is 6.10. The van der Waals surface area contributed by atoms with E-state index >= 15 is 0 Å². The first kappa shape index (κ1) is 16.9. The van der Waals surface area contributed by atoms with Crippen LogP contribution in [0.25, 0.3) is 11.1 Å². The first-order chi connectivity index (χ1) is 12.1. The smallest absolute Gasteiger partial charge is 0.269 e. The van der Waals surface area contributed by atoms with Crippen molar-refractivity contribution < 1.29 is 4.79 Å². The number of hydrogen-bond donors (Lipinski definition) is 1. The monoisotopic (exact) mass is 334 g/mol. The highest BCUT2D eigenvalue weighted by Gasteiger charge is 2.10. The van der Waals surface area contributed by atoms with Gasteiger partial charge in [-0.2, -0.15) is 5.10 Å². The minimum Gasteiger partial charge on any atom is -0.351 e. The molecule has 1 aromatic carbocycles. The summed E-state index contributed by atoms with van der Waals surface area (Å²) in [5.74, 6) is -0.0767. The molecule has 0 bridgehead atoms. The van der Waals surface area contributed by atoms with Crippen LogP contribution in [0.1, 0.15) is 28.2 Å². The average Bonchev–Trinajstić information content (AvgIpc) is 2.98. The summed E-state index contributed by atoms with van der Waals surface area (Å²) in [6.07, 6.45) is 5.45. The molecule has 0 saturated heterocycles. The van der Waals surface area contributed by atoms with Gasteiger partial charge in [-0.3, -0.25) is 14.5 Å². The van der Waals surface area contributed by atoms with Gasteiger partial charge in [-0.05, 0) is 48.6 Å². The van der Waals surface area contributed by atoms with Crippen molar-refractivity contribution in [1.29, 1.82) is 0 Å². The third-order valence-electron chi connectivity index (χ3n) is 4.08. The molecule has 5 nitrogen and oxygen atoms in total. The fourth-order valence-corrected chi connectivity index (χ4v) is 2.85. The predicted molar refractivity (Wildman–Crippen MR) is 98.3 cm³/mol. The van der Waals surface area contributed by atoms with Crippen molar-refractivity contribution in [3.63, 3.8) is 0 Å². The number of pyridine rings is 1. The van der Waals surface area contributed by atoms with Crippen molar-refractivity contribution in [1.82, 2.24) is 20.1 Å². The van der Waals surface area contributed by atoms with Crippen LogP contribution in [-0.2, 0) is 13.5 Å². The lowest BCUT2D eigenvalue weighted by Gasteiger charge is -2.07. The molecule has 0 spiro atoms. The molecule has 1 amide bonds. The van der Waals surface area contributed by atoms with Crippen LogP contribution in [0, 0.1) is 6.92 Å². The fourth-order valence-electron chi connectivity index (χ4n) is 2.85. The molecular weight excluding hydrogens is 312 g/mol. The van der Waals surface area contributed by atoms with Gasteiger partial charge in [-0.15, -0.1) is 0 Å².